The van der Waals surface area contributed by atoms with E-state index in [1.54, 1.807) is 24.3 Å². The fraction of sp³-hybridized carbons (Fsp3) is 0.0952. The van der Waals surface area contributed by atoms with Gasteiger partial charge in [0.2, 0.25) is 5.89 Å². The summed E-state index contributed by atoms with van der Waals surface area (Å²) in [5.74, 6) is -0.0330. The van der Waals surface area contributed by atoms with E-state index in [2.05, 4.69) is 15.5 Å². The Kier molecular flexibility index (Phi) is 4.85. The van der Waals surface area contributed by atoms with E-state index in [9.17, 15) is 13.2 Å². The smallest absolute Gasteiger partial charge is 0.322 e. The molecule has 29 heavy (non-hydrogen) atoms. The van der Waals surface area contributed by atoms with E-state index in [4.69, 9.17) is 4.42 Å². The van der Waals surface area contributed by atoms with Gasteiger partial charge in [-0.3, -0.25) is 10.1 Å². The summed E-state index contributed by atoms with van der Waals surface area (Å²) in [5.41, 5.74) is 1.30. The Balaban J connectivity index is 1.45. The fourth-order valence-corrected chi connectivity index (χ4v) is 3.53. The molecule has 1 heterocycles. The van der Waals surface area contributed by atoms with Crippen molar-refractivity contribution in [1.82, 2.24) is 10.2 Å². The highest BCUT2D eigenvalue weighted by molar-refractivity contribution is 7.90. The van der Waals surface area contributed by atoms with Crippen molar-refractivity contribution in [1.29, 1.82) is 0 Å². The second-order valence-corrected chi connectivity index (χ2v) is 8.63. The van der Waals surface area contributed by atoms with Gasteiger partial charge in [-0.2, -0.15) is 0 Å². The van der Waals surface area contributed by atoms with Crippen LogP contribution in [0.2, 0.25) is 0 Å². The molecule has 4 rings (SSSR count). The van der Waals surface area contributed by atoms with Crippen molar-refractivity contribution >= 4 is 32.5 Å². The lowest BCUT2D eigenvalue weighted by atomic mass is 10.1. The van der Waals surface area contributed by atoms with Crippen molar-refractivity contribution in [2.24, 2.45) is 0 Å². The van der Waals surface area contributed by atoms with Crippen molar-refractivity contribution in [3.05, 3.63) is 83.7 Å². The molecule has 0 fully saturated rings. The molecule has 0 saturated heterocycles. The minimum absolute atomic E-state index is 0.00548. The summed E-state index contributed by atoms with van der Waals surface area (Å²) >= 11 is 0. The minimum Gasteiger partial charge on any atom is -0.407 e. The minimum atomic E-state index is -3.24. The van der Waals surface area contributed by atoms with E-state index in [1.165, 1.54) is 12.1 Å². The first-order chi connectivity index (χ1) is 13.9. The standard InChI is InChI=1S/C21H17N3O4S/c1-29(26,27)18-10-6-14(7-11-18)12-19-23-24-21(28-19)22-20(25)17-9-8-15-4-2-3-5-16(15)13-17/h2-11,13H,12H2,1H3,(H,22,24,25). The van der Waals surface area contributed by atoms with Gasteiger partial charge in [0.25, 0.3) is 5.91 Å². The first-order valence-corrected chi connectivity index (χ1v) is 10.7. The summed E-state index contributed by atoms with van der Waals surface area (Å²) in [6, 6.07) is 19.6. The molecule has 1 N–H and O–H groups in total. The van der Waals surface area contributed by atoms with Crippen LogP contribution < -0.4 is 5.32 Å². The van der Waals surface area contributed by atoms with Crippen LogP contribution in [0, 0.1) is 0 Å². The van der Waals surface area contributed by atoms with Gasteiger partial charge >= 0.3 is 6.01 Å². The van der Waals surface area contributed by atoms with E-state index >= 15 is 0 Å². The summed E-state index contributed by atoms with van der Waals surface area (Å²) < 4.78 is 28.5. The third-order valence-corrected chi connectivity index (χ3v) is 5.53. The lowest BCUT2D eigenvalue weighted by molar-refractivity contribution is 0.102. The number of nitrogens with zero attached hydrogens (tertiary/aromatic N) is 2. The number of nitrogens with one attached hydrogen (secondary N) is 1. The van der Waals surface area contributed by atoms with Gasteiger partial charge in [0.1, 0.15) is 0 Å². The molecule has 1 amide bonds. The van der Waals surface area contributed by atoms with E-state index in [1.807, 2.05) is 30.3 Å². The second kappa shape index (κ2) is 7.48. The SMILES string of the molecule is CS(=O)(=O)c1ccc(Cc2nnc(NC(=O)c3ccc4ccccc4c3)o2)cc1. The largest absolute Gasteiger partial charge is 0.407 e. The van der Waals surface area contributed by atoms with E-state index < -0.39 is 9.84 Å². The number of aromatic nitrogens is 2. The average molecular weight is 407 g/mol. The molecule has 8 heteroatoms. The number of hydrogen-bond acceptors (Lipinski definition) is 6. The molecule has 7 nitrogen and oxygen atoms in total. The number of carbonyl (C=O) groups is 1. The molecular weight excluding hydrogens is 390 g/mol. The van der Waals surface area contributed by atoms with Gasteiger partial charge in [0.05, 0.1) is 11.3 Å². The molecule has 0 aliphatic rings. The monoisotopic (exact) mass is 407 g/mol. The predicted octanol–water partition coefficient (Wildman–Crippen LogP) is 3.47. The zero-order valence-corrected chi connectivity index (χ0v) is 16.3. The first-order valence-electron chi connectivity index (χ1n) is 8.80. The third-order valence-electron chi connectivity index (χ3n) is 4.41. The van der Waals surface area contributed by atoms with Crippen LogP contribution in [0.15, 0.2) is 76.0 Å². The lowest BCUT2D eigenvalue weighted by Gasteiger charge is -2.03. The molecule has 3 aromatic carbocycles. The maximum Gasteiger partial charge on any atom is 0.322 e. The average Bonchev–Trinajstić information content (AvgIpc) is 3.14. The Hall–Kier alpha value is -3.52. The second-order valence-electron chi connectivity index (χ2n) is 6.61. The number of sulfone groups is 1. The summed E-state index contributed by atoms with van der Waals surface area (Å²) in [6.07, 6.45) is 1.48. The maximum atomic E-state index is 12.5. The zero-order chi connectivity index (χ0) is 20.4. The van der Waals surface area contributed by atoms with Crippen molar-refractivity contribution < 1.29 is 17.6 Å². The quantitative estimate of drug-likeness (QED) is 0.543. The van der Waals surface area contributed by atoms with Gasteiger partial charge in [-0.15, -0.1) is 5.10 Å². The van der Waals surface area contributed by atoms with Crippen LogP contribution in [0.4, 0.5) is 6.01 Å². The lowest BCUT2D eigenvalue weighted by Crippen LogP contribution is -2.12. The molecule has 1 aromatic heterocycles. The van der Waals surface area contributed by atoms with Crippen LogP contribution in [0.1, 0.15) is 21.8 Å². The highest BCUT2D eigenvalue weighted by atomic mass is 32.2. The highest BCUT2D eigenvalue weighted by Gasteiger charge is 2.13. The first kappa shape index (κ1) is 18.8. The number of rotatable bonds is 5. The Morgan fingerprint density at radius 2 is 1.69 bits per heavy atom. The number of hydrogen-bond donors (Lipinski definition) is 1. The molecule has 0 aliphatic heterocycles. The number of amides is 1. The molecule has 0 radical (unpaired) electrons. The van der Waals surface area contributed by atoms with Gasteiger partial charge in [-0.05, 0) is 40.6 Å². The van der Waals surface area contributed by atoms with Crippen molar-refractivity contribution in [3.63, 3.8) is 0 Å². The molecule has 0 aliphatic carbocycles. The summed E-state index contributed by atoms with van der Waals surface area (Å²) in [7, 11) is -3.24. The van der Waals surface area contributed by atoms with Gasteiger partial charge in [0, 0.05) is 11.8 Å². The fourth-order valence-electron chi connectivity index (χ4n) is 2.90. The molecule has 0 saturated carbocycles. The van der Waals surface area contributed by atoms with E-state index in [-0.39, 0.29) is 16.8 Å². The molecule has 146 valence electrons. The third kappa shape index (κ3) is 4.33. The zero-order valence-electron chi connectivity index (χ0n) is 15.5. The highest BCUT2D eigenvalue weighted by Crippen LogP contribution is 2.18. The number of fused-ring (bicyclic) bond motifs is 1. The maximum absolute atomic E-state index is 12.5. The topological polar surface area (TPSA) is 102 Å². The van der Waals surface area contributed by atoms with Crippen LogP contribution in [0.5, 0.6) is 0 Å². The Labute approximate surface area is 167 Å². The van der Waals surface area contributed by atoms with Crippen molar-refractivity contribution in [2.75, 3.05) is 11.6 Å². The van der Waals surface area contributed by atoms with Gasteiger partial charge in [0.15, 0.2) is 9.84 Å². The molecule has 0 spiro atoms. The number of carbonyl (C=O) groups excluding carboxylic acids is 1. The molecule has 4 aromatic rings. The van der Waals surface area contributed by atoms with Crippen LogP contribution in [0.3, 0.4) is 0 Å². The Bertz CT molecular complexity index is 1300. The summed E-state index contributed by atoms with van der Waals surface area (Å²) in [6.45, 7) is 0. The predicted molar refractivity (Wildman–Crippen MR) is 109 cm³/mol. The molecule has 0 bridgehead atoms. The van der Waals surface area contributed by atoms with Crippen LogP contribution in [0.25, 0.3) is 10.8 Å². The molecule has 0 unspecified atom stereocenters. The number of anilines is 1. The summed E-state index contributed by atoms with van der Waals surface area (Å²) in [5, 5.41) is 12.4. The Morgan fingerprint density at radius 1 is 0.966 bits per heavy atom. The van der Waals surface area contributed by atoms with Gasteiger partial charge in [-0.1, -0.05) is 47.6 Å². The normalized spacial score (nSPS) is 11.5. The number of benzene rings is 3. The van der Waals surface area contributed by atoms with E-state index in [0.29, 0.717) is 17.9 Å². The van der Waals surface area contributed by atoms with Crippen LogP contribution in [-0.4, -0.2) is 30.8 Å². The molecule has 0 atom stereocenters. The van der Waals surface area contributed by atoms with E-state index in [0.717, 1.165) is 22.6 Å². The van der Waals surface area contributed by atoms with Crippen molar-refractivity contribution in [2.45, 2.75) is 11.3 Å². The van der Waals surface area contributed by atoms with Crippen LogP contribution in [-0.2, 0) is 16.3 Å². The van der Waals surface area contributed by atoms with Gasteiger partial charge < -0.3 is 4.42 Å². The summed E-state index contributed by atoms with van der Waals surface area (Å²) in [4.78, 5) is 12.7. The van der Waals surface area contributed by atoms with Crippen LogP contribution >= 0.6 is 0 Å². The van der Waals surface area contributed by atoms with Crippen molar-refractivity contribution in [3.8, 4) is 0 Å². The Morgan fingerprint density at radius 3 is 2.41 bits per heavy atom. The van der Waals surface area contributed by atoms with Gasteiger partial charge in [-0.25, -0.2) is 8.42 Å². The molecular formula is C21H17N3O4S.